The third-order valence-corrected chi connectivity index (χ3v) is 2.37. The van der Waals surface area contributed by atoms with E-state index in [4.69, 9.17) is 4.74 Å². The molecule has 0 aliphatic rings. The van der Waals surface area contributed by atoms with Crippen LogP contribution in [0.3, 0.4) is 0 Å². The average molecular weight is 247 g/mol. The van der Waals surface area contributed by atoms with Gasteiger partial charge < -0.3 is 10.1 Å². The predicted octanol–water partition coefficient (Wildman–Crippen LogP) is 3.00. The first-order valence-corrected chi connectivity index (χ1v) is 5.43. The van der Waals surface area contributed by atoms with Gasteiger partial charge in [-0.1, -0.05) is 18.2 Å². The number of benzene rings is 1. The van der Waals surface area contributed by atoms with Gasteiger partial charge in [0.05, 0.1) is 11.7 Å². The van der Waals surface area contributed by atoms with Crippen LogP contribution in [0.1, 0.15) is 24.2 Å². The van der Waals surface area contributed by atoms with Crippen LogP contribution in [0, 0.1) is 0 Å². The molecule has 0 aliphatic carbocycles. The number of hydrogen-bond donors (Lipinski definition) is 1. The van der Waals surface area contributed by atoms with Gasteiger partial charge in [-0.15, -0.1) is 0 Å². The maximum atomic E-state index is 12.8. The minimum atomic E-state index is -4.35. The van der Waals surface area contributed by atoms with Crippen LogP contribution in [0.4, 0.5) is 13.2 Å². The highest BCUT2D eigenvalue weighted by Crippen LogP contribution is 2.35. The molecule has 2 nitrogen and oxygen atoms in total. The molecule has 0 saturated carbocycles. The van der Waals surface area contributed by atoms with Crippen LogP contribution in [0.5, 0.6) is 0 Å². The van der Waals surface area contributed by atoms with Crippen molar-refractivity contribution in [3.05, 3.63) is 35.4 Å². The number of hydrogen-bond acceptors (Lipinski definition) is 2. The highest BCUT2D eigenvalue weighted by molar-refractivity contribution is 5.31. The van der Waals surface area contributed by atoms with Crippen molar-refractivity contribution in [1.82, 2.24) is 5.32 Å². The normalized spacial score (nSPS) is 13.7. The Labute approximate surface area is 98.8 Å². The van der Waals surface area contributed by atoms with E-state index in [1.807, 2.05) is 0 Å². The van der Waals surface area contributed by atoms with Crippen LogP contribution in [0.2, 0.25) is 0 Å². The smallest absolute Gasteiger partial charge is 0.372 e. The molecule has 1 atom stereocenters. The second-order valence-electron chi connectivity index (χ2n) is 3.59. The van der Waals surface area contributed by atoms with E-state index in [0.717, 1.165) is 6.07 Å². The molecular weight excluding hydrogens is 231 g/mol. The molecule has 5 heteroatoms. The minimum absolute atomic E-state index is 0.177. The molecular formula is C12H16F3NO. The molecule has 0 saturated heterocycles. The van der Waals surface area contributed by atoms with Gasteiger partial charge in [-0.2, -0.15) is 13.2 Å². The highest BCUT2D eigenvalue weighted by Gasteiger charge is 2.34. The summed E-state index contributed by atoms with van der Waals surface area (Å²) in [6.07, 6.45) is -4.93. The number of ether oxygens (including phenoxy) is 1. The highest BCUT2D eigenvalue weighted by atomic mass is 19.4. The van der Waals surface area contributed by atoms with Gasteiger partial charge in [0.2, 0.25) is 0 Å². The van der Waals surface area contributed by atoms with Crippen LogP contribution in [0.15, 0.2) is 24.3 Å². The van der Waals surface area contributed by atoms with Gasteiger partial charge in [0.15, 0.2) is 0 Å². The summed E-state index contributed by atoms with van der Waals surface area (Å²) in [7, 11) is 1.68. The van der Waals surface area contributed by atoms with E-state index >= 15 is 0 Å². The SMILES string of the molecule is CCO[C@H](CNC)c1ccccc1C(F)(F)F. The van der Waals surface area contributed by atoms with E-state index in [0.29, 0.717) is 13.2 Å². The summed E-state index contributed by atoms with van der Waals surface area (Å²) >= 11 is 0. The lowest BCUT2D eigenvalue weighted by Crippen LogP contribution is -2.22. The van der Waals surface area contributed by atoms with Gasteiger partial charge in [-0.05, 0) is 25.6 Å². The Morgan fingerprint density at radius 1 is 1.29 bits per heavy atom. The molecule has 0 bridgehead atoms. The van der Waals surface area contributed by atoms with E-state index in [9.17, 15) is 13.2 Å². The molecule has 17 heavy (non-hydrogen) atoms. The van der Waals surface area contributed by atoms with E-state index in [1.165, 1.54) is 12.1 Å². The summed E-state index contributed by atoms with van der Waals surface area (Å²) in [5, 5.41) is 2.84. The molecule has 0 spiro atoms. The monoisotopic (exact) mass is 247 g/mol. The second-order valence-corrected chi connectivity index (χ2v) is 3.59. The lowest BCUT2D eigenvalue weighted by Gasteiger charge is -2.21. The molecule has 1 N–H and O–H groups in total. The quantitative estimate of drug-likeness (QED) is 0.863. The summed E-state index contributed by atoms with van der Waals surface area (Å²) in [6, 6.07) is 5.51. The fourth-order valence-electron chi connectivity index (χ4n) is 1.68. The number of halogens is 3. The Hall–Kier alpha value is -1.07. The summed E-state index contributed by atoms with van der Waals surface area (Å²) in [6.45, 7) is 2.48. The Morgan fingerprint density at radius 2 is 1.94 bits per heavy atom. The zero-order valence-corrected chi connectivity index (χ0v) is 9.84. The largest absolute Gasteiger partial charge is 0.416 e. The number of rotatable bonds is 5. The van der Waals surface area contributed by atoms with Crippen molar-refractivity contribution >= 4 is 0 Å². The van der Waals surface area contributed by atoms with E-state index in [2.05, 4.69) is 5.32 Å². The molecule has 0 unspecified atom stereocenters. The summed E-state index contributed by atoms with van der Waals surface area (Å²) in [4.78, 5) is 0. The first kappa shape index (κ1) is 14.0. The van der Waals surface area contributed by atoms with Crippen molar-refractivity contribution in [2.45, 2.75) is 19.2 Å². The van der Waals surface area contributed by atoms with Gasteiger partial charge in [-0.25, -0.2) is 0 Å². The zero-order chi connectivity index (χ0) is 12.9. The molecule has 0 fully saturated rings. The molecule has 1 aromatic rings. The van der Waals surface area contributed by atoms with Crippen LogP contribution in [-0.4, -0.2) is 20.2 Å². The van der Waals surface area contributed by atoms with Crippen molar-refractivity contribution in [1.29, 1.82) is 0 Å². The van der Waals surface area contributed by atoms with E-state index in [1.54, 1.807) is 20.0 Å². The first-order chi connectivity index (χ1) is 8.00. The van der Waals surface area contributed by atoms with Gasteiger partial charge in [0, 0.05) is 13.2 Å². The molecule has 0 radical (unpaired) electrons. The number of alkyl halides is 3. The third-order valence-electron chi connectivity index (χ3n) is 2.37. The summed E-state index contributed by atoms with van der Waals surface area (Å²) in [5.41, 5.74) is -0.454. The van der Waals surface area contributed by atoms with Crippen LogP contribution >= 0.6 is 0 Å². The van der Waals surface area contributed by atoms with Crippen molar-refractivity contribution in [2.75, 3.05) is 20.2 Å². The summed E-state index contributed by atoms with van der Waals surface area (Å²) < 4.78 is 43.8. The topological polar surface area (TPSA) is 21.3 Å². The molecule has 0 aromatic heterocycles. The van der Waals surface area contributed by atoms with Gasteiger partial charge in [0.25, 0.3) is 0 Å². The number of nitrogens with one attached hydrogen (secondary N) is 1. The fraction of sp³-hybridized carbons (Fsp3) is 0.500. The van der Waals surface area contributed by atoms with Gasteiger partial charge in [-0.3, -0.25) is 0 Å². The fourth-order valence-corrected chi connectivity index (χ4v) is 1.68. The van der Waals surface area contributed by atoms with Crippen molar-refractivity contribution in [3.63, 3.8) is 0 Å². The Bertz CT molecular complexity index is 346. The molecule has 0 amide bonds. The van der Waals surface area contributed by atoms with Crippen molar-refractivity contribution < 1.29 is 17.9 Å². The molecule has 0 aliphatic heterocycles. The molecule has 1 aromatic carbocycles. The number of likely N-dealkylation sites (N-methyl/N-ethyl adjacent to an activating group) is 1. The summed E-state index contributed by atoms with van der Waals surface area (Å²) in [5.74, 6) is 0. The predicted molar refractivity (Wildman–Crippen MR) is 59.7 cm³/mol. The maximum Gasteiger partial charge on any atom is 0.416 e. The van der Waals surface area contributed by atoms with Crippen molar-refractivity contribution in [3.8, 4) is 0 Å². The van der Waals surface area contributed by atoms with Crippen LogP contribution in [0.25, 0.3) is 0 Å². The van der Waals surface area contributed by atoms with Gasteiger partial charge >= 0.3 is 6.18 Å². The third kappa shape index (κ3) is 3.71. The lowest BCUT2D eigenvalue weighted by atomic mass is 10.0. The zero-order valence-electron chi connectivity index (χ0n) is 9.84. The Kier molecular flexibility index (Phi) is 4.96. The minimum Gasteiger partial charge on any atom is -0.372 e. The van der Waals surface area contributed by atoms with Crippen LogP contribution < -0.4 is 5.32 Å². The van der Waals surface area contributed by atoms with E-state index in [-0.39, 0.29) is 5.56 Å². The van der Waals surface area contributed by atoms with Gasteiger partial charge in [0.1, 0.15) is 0 Å². The van der Waals surface area contributed by atoms with E-state index < -0.39 is 17.8 Å². The average Bonchev–Trinajstić information content (AvgIpc) is 2.28. The first-order valence-electron chi connectivity index (χ1n) is 5.43. The second kappa shape index (κ2) is 6.02. The molecule has 1 rings (SSSR count). The molecule has 96 valence electrons. The Balaban J connectivity index is 3.09. The molecule has 0 heterocycles. The van der Waals surface area contributed by atoms with Crippen molar-refractivity contribution in [2.24, 2.45) is 0 Å². The maximum absolute atomic E-state index is 12.8. The lowest BCUT2D eigenvalue weighted by molar-refractivity contribution is -0.139. The van der Waals surface area contributed by atoms with Crippen LogP contribution in [-0.2, 0) is 10.9 Å². The Morgan fingerprint density at radius 3 is 2.47 bits per heavy atom. The standard InChI is InChI=1S/C12H16F3NO/c1-3-17-11(8-16-2)9-6-4-5-7-10(9)12(13,14)15/h4-7,11,16H,3,8H2,1-2H3/t11-/m1/s1.